The highest BCUT2D eigenvalue weighted by atomic mass is 19.4. The quantitative estimate of drug-likeness (QED) is 0.534. The molecule has 1 aliphatic rings. The predicted octanol–water partition coefficient (Wildman–Crippen LogP) is 1.39. The average Bonchev–Trinajstić information content (AvgIpc) is 2.73. The van der Waals surface area contributed by atoms with E-state index in [4.69, 9.17) is 4.74 Å². The summed E-state index contributed by atoms with van der Waals surface area (Å²) in [7, 11) is 0. The molecular weight excluding hydrogens is 239 g/mol. The second-order valence-corrected chi connectivity index (χ2v) is 4.15. The Bertz CT molecular complexity index is 207. The zero-order chi connectivity index (χ0) is 12.7. The standard InChI is InChI=1S/C10H18F3NO3/c11-10(12,13)7-17-14-5-8(15)6-16-9-3-1-2-4-9/h8-9,14-15H,1-7H2. The van der Waals surface area contributed by atoms with Gasteiger partial charge in [0.1, 0.15) is 0 Å². The Labute approximate surface area is 98.0 Å². The number of ether oxygens (including phenoxy) is 1. The maximum absolute atomic E-state index is 11.7. The molecule has 0 saturated heterocycles. The highest BCUT2D eigenvalue weighted by Crippen LogP contribution is 2.20. The van der Waals surface area contributed by atoms with Gasteiger partial charge in [0.05, 0.1) is 18.8 Å². The van der Waals surface area contributed by atoms with Gasteiger partial charge in [0.2, 0.25) is 0 Å². The molecule has 0 aromatic rings. The zero-order valence-corrected chi connectivity index (χ0v) is 9.50. The van der Waals surface area contributed by atoms with Gasteiger partial charge in [-0.05, 0) is 12.8 Å². The van der Waals surface area contributed by atoms with E-state index in [1.165, 1.54) is 0 Å². The summed E-state index contributed by atoms with van der Waals surface area (Å²) in [4.78, 5) is 4.15. The van der Waals surface area contributed by atoms with E-state index in [0.717, 1.165) is 25.7 Å². The van der Waals surface area contributed by atoms with E-state index in [-0.39, 0.29) is 19.3 Å². The summed E-state index contributed by atoms with van der Waals surface area (Å²) in [5, 5.41) is 9.39. The third-order valence-corrected chi connectivity index (χ3v) is 2.48. The third kappa shape index (κ3) is 7.54. The van der Waals surface area contributed by atoms with Crippen molar-refractivity contribution >= 4 is 0 Å². The van der Waals surface area contributed by atoms with E-state index in [0.29, 0.717) is 0 Å². The first kappa shape index (κ1) is 14.7. The summed E-state index contributed by atoms with van der Waals surface area (Å²) < 4.78 is 40.4. The van der Waals surface area contributed by atoms with Gasteiger partial charge in [-0.15, -0.1) is 0 Å². The van der Waals surface area contributed by atoms with Crippen molar-refractivity contribution in [2.24, 2.45) is 0 Å². The number of aliphatic hydroxyl groups is 1. The Balaban J connectivity index is 1.95. The van der Waals surface area contributed by atoms with E-state index >= 15 is 0 Å². The van der Waals surface area contributed by atoms with Crippen LogP contribution < -0.4 is 5.48 Å². The van der Waals surface area contributed by atoms with Crippen LogP contribution in [0.15, 0.2) is 0 Å². The van der Waals surface area contributed by atoms with Gasteiger partial charge in [0, 0.05) is 6.54 Å². The second kappa shape index (κ2) is 7.15. The molecule has 0 aromatic heterocycles. The van der Waals surface area contributed by atoms with Crippen LogP contribution >= 0.6 is 0 Å². The topological polar surface area (TPSA) is 50.7 Å². The molecule has 1 rings (SSSR count). The highest BCUT2D eigenvalue weighted by molar-refractivity contribution is 4.67. The summed E-state index contributed by atoms with van der Waals surface area (Å²) in [6.07, 6.45) is -0.792. The molecule has 0 aliphatic heterocycles. The molecule has 0 radical (unpaired) electrons. The molecule has 2 N–H and O–H groups in total. The number of alkyl halides is 3. The number of nitrogens with one attached hydrogen (secondary N) is 1. The van der Waals surface area contributed by atoms with Crippen molar-refractivity contribution in [1.29, 1.82) is 0 Å². The molecule has 7 heteroatoms. The van der Waals surface area contributed by atoms with Crippen molar-refractivity contribution in [3.63, 3.8) is 0 Å². The molecule has 1 saturated carbocycles. The van der Waals surface area contributed by atoms with E-state index < -0.39 is 18.9 Å². The minimum absolute atomic E-state index is 0.0806. The minimum Gasteiger partial charge on any atom is -0.389 e. The maximum atomic E-state index is 11.7. The fourth-order valence-electron chi connectivity index (χ4n) is 1.65. The monoisotopic (exact) mass is 257 g/mol. The molecule has 102 valence electrons. The summed E-state index contributed by atoms with van der Waals surface area (Å²) >= 11 is 0. The van der Waals surface area contributed by atoms with Crippen LogP contribution in [0.2, 0.25) is 0 Å². The summed E-state index contributed by atoms with van der Waals surface area (Å²) in [5.74, 6) is 0. The van der Waals surface area contributed by atoms with Gasteiger partial charge in [0.15, 0.2) is 6.61 Å². The summed E-state index contributed by atoms with van der Waals surface area (Å²) in [6, 6.07) is 0. The smallest absolute Gasteiger partial charge is 0.389 e. The average molecular weight is 257 g/mol. The molecular formula is C10H18F3NO3. The van der Waals surface area contributed by atoms with E-state index in [2.05, 4.69) is 10.3 Å². The van der Waals surface area contributed by atoms with Crippen molar-refractivity contribution in [1.82, 2.24) is 5.48 Å². The lowest BCUT2D eigenvalue weighted by molar-refractivity contribution is -0.191. The normalized spacial score (nSPS) is 19.8. The molecule has 0 heterocycles. The first-order chi connectivity index (χ1) is 7.97. The lowest BCUT2D eigenvalue weighted by Crippen LogP contribution is -2.34. The number of hydrogen-bond donors (Lipinski definition) is 2. The van der Waals surface area contributed by atoms with Crippen molar-refractivity contribution in [2.45, 2.75) is 44.1 Å². The Morgan fingerprint density at radius 1 is 1.29 bits per heavy atom. The Morgan fingerprint density at radius 2 is 1.94 bits per heavy atom. The van der Waals surface area contributed by atoms with Crippen LogP contribution in [0, 0.1) is 0 Å². The van der Waals surface area contributed by atoms with Crippen molar-refractivity contribution in [2.75, 3.05) is 19.8 Å². The number of aliphatic hydroxyl groups excluding tert-OH is 1. The molecule has 17 heavy (non-hydrogen) atoms. The SMILES string of the molecule is OC(CNOCC(F)(F)F)COC1CCCC1. The minimum atomic E-state index is -4.36. The first-order valence-corrected chi connectivity index (χ1v) is 5.68. The second-order valence-electron chi connectivity index (χ2n) is 4.15. The summed E-state index contributed by atoms with van der Waals surface area (Å²) in [6.45, 7) is -1.33. The van der Waals surface area contributed by atoms with Gasteiger partial charge < -0.3 is 9.84 Å². The van der Waals surface area contributed by atoms with Gasteiger partial charge >= 0.3 is 6.18 Å². The molecule has 1 unspecified atom stereocenters. The fraction of sp³-hybridized carbons (Fsp3) is 1.00. The Kier molecular flexibility index (Phi) is 6.18. The van der Waals surface area contributed by atoms with Gasteiger partial charge in [-0.3, -0.25) is 4.84 Å². The number of hydroxylamine groups is 1. The van der Waals surface area contributed by atoms with Crippen LogP contribution in [0.25, 0.3) is 0 Å². The molecule has 1 atom stereocenters. The predicted molar refractivity (Wildman–Crippen MR) is 54.2 cm³/mol. The molecule has 0 spiro atoms. The Hall–Kier alpha value is -0.370. The third-order valence-electron chi connectivity index (χ3n) is 2.48. The molecule has 1 fully saturated rings. The Morgan fingerprint density at radius 3 is 2.53 bits per heavy atom. The highest BCUT2D eigenvalue weighted by Gasteiger charge is 2.27. The van der Waals surface area contributed by atoms with Crippen LogP contribution in [0.5, 0.6) is 0 Å². The van der Waals surface area contributed by atoms with Crippen LogP contribution in [0.4, 0.5) is 13.2 Å². The molecule has 0 amide bonds. The zero-order valence-electron chi connectivity index (χ0n) is 9.50. The fourth-order valence-corrected chi connectivity index (χ4v) is 1.65. The molecule has 0 bridgehead atoms. The molecule has 1 aliphatic carbocycles. The van der Waals surface area contributed by atoms with Crippen LogP contribution in [-0.4, -0.2) is 43.2 Å². The van der Waals surface area contributed by atoms with Crippen LogP contribution in [0.1, 0.15) is 25.7 Å². The largest absolute Gasteiger partial charge is 0.413 e. The van der Waals surface area contributed by atoms with Crippen molar-refractivity contribution in [3.8, 4) is 0 Å². The number of rotatable bonds is 7. The van der Waals surface area contributed by atoms with E-state index in [9.17, 15) is 18.3 Å². The van der Waals surface area contributed by atoms with E-state index in [1.807, 2.05) is 0 Å². The number of halogens is 3. The van der Waals surface area contributed by atoms with Gasteiger partial charge in [-0.2, -0.15) is 18.7 Å². The molecule has 4 nitrogen and oxygen atoms in total. The van der Waals surface area contributed by atoms with Gasteiger partial charge in [0.25, 0.3) is 0 Å². The lowest BCUT2D eigenvalue weighted by Gasteiger charge is -2.16. The number of hydrogen-bond acceptors (Lipinski definition) is 4. The first-order valence-electron chi connectivity index (χ1n) is 5.68. The van der Waals surface area contributed by atoms with Gasteiger partial charge in [-0.25, -0.2) is 0 Å². The van der Waals surface area contributed by atoms with E-state index in [1.54, 1.807) is 0 Å². The van der Waals surface area contributed by atoms with Gasteiger partial charge in [-0.1, -0.05) is 12.8 Å². The van der Waals surface area contributed by atoms with Crippen molar-refractivity contribution < 1.29 is 27.9 Å². The van der Waals surface area contributed by atoms with Crippen LogP contribution in [0.3, 0.4) is 0 Å². The lowest BCUT2D eigenvalue weighted by atomic mass is 10.3. The van der Waals surface area contributed by atoms with Crippen molar-refractivity contribution in [3.05, 3.63) is 0 Å². The summed E-state index contributed by atoms with van der Waals surface area (Å²) in [5.41, 5.74) is 2.07. The van der Waals surface area contributed by atoms with Crippen LogP contribution in [-0.2, 0) is 9.57 Å². The molecule has 0 aromatic carbocycles. The maximum Gasteiger partial charge on any atom is 0.413 e.